The highest BCUT2D eigenvalue weighted by atomic mass is 31.2. The molecular formula is C16H20NO7P. The fourth-order valence-corrected chi connectivity index (χ4v) is 3.26. The summed E-state index contributed by atoms with van der Waals surface area (Å²) in [4.78, 5) is 29.6. The highest BCUT2D eigenvalue weighted by molar-refractivity contribution is 7.49. The zero-order valence-corrected chi connectivity index (χ0v) is 14.3. The number of nitrogens with one attached hydrogen (secondary N) is 1. The SMILES string of the molecule is CC(CC(O)(O)C1=C(NP(=O)(O)O)CC(=O)C=C1)c1ccc(O)cc1. The Morgan fingerprint density at radius 2 is 1.80 bits per heavy atom. The first-order valence-corrected chi connectivity index (χ1v) is 9.11. The molecule has 6 N–H and O–H groups in total. The Morgan fingerprint density at radius 3 is 2.36 bits per heavy atom. The van der Waals surface area contributed by atoms with E-state index in [9.17, 15) is 24.7 Å². The van der Waals surface area contributed by atoms with E-state index < -0.39 is 19.3 Å². The van der Waals surface area contributed by atoms with Gasteiger partial charge in [-0.3, -0.25) is 9.88 Å². The third-order valence-corrected chi connectivity index (χ3v) is 4.44. The molecule has 0 fully saturated rings. The Labute approximate surface area is 144 Å². The van der Waals surface area contributed by atoms with Gasteiger partial charge in [-0.15, -0.1) is 0 Å². The van der Waals surface area contributed by atoms with Crippen LogP contribution < -0.4 is 5.09 Å². The van der Waals surface area contributed by atoms with Gasteiger partial charge in [0.2, 0.25) is 0 Å². The van der Waals surface area contributed by atoms with Crippen LogP contribution in [0.1, 0.15) is 31.2 Å². The van der Waals surface area contributed by atoms with Gasteiger partial charge in [0, 0.05) is 17.7 Å². The van der Waals surface area contributed by atoms with Crippen molar-refractivity contribution in [3.8, 4) is 5.75 Å². The molecule has 136 valence electrons. The zero-order chi connectivity index (χ0) is 18.8. The smallest absolute Gasteiger partial charge is 0.427 e. The number of aliphatic hydroxyl groups is 2. The minimum atomic E-state index is -4.71. The topological polar surface area (TPSA) is 147 Å². The number of benzene rings is 1. The zero-order valence-electron chi connectivity index (χ0n) is 13.5. The van der Waals surface area contributed by atoms with Crippen LogP contribution in [0.3, 0.4) is 0 Å². The fourth-order valence-electron chi connectivity index (χ4n) is 2.71. The lowest BCUT2D eigenvalue weighted by Gasteiger charge is -2.30. The van der Waals surface area contributed by atoms with Crippen molar-refractivity contribution in [3.63, 3.8) is 0 Å². The molecule has 1 aromatic rings. The summed E-state index contributed by atoms with van der Waals surface area (Å²) in [6.45, 7) is 1.74. The molecule has 25 heavy (non-hydrogen) atoms. The number of hydrogen-bond acceptors (Lipinski definition) is 5. The highest BCUT2D eigenvalue weighted by Crippen LogP contribution is 2.37. The van der Waals surface area contributed by atoms with Crippen molar-refractivity contribution in [2.45, 2.75) is 31.5 Å². The van der Waals surface area contributed by atoms with E-state index in [1.54, 1.807) is 19.1 Å². The number of aromatic hydroxyl groups is 1. The Kier molecular flexibility index (Phi) is 5.51. The van der Waals surface area contributed by atoms with Gasteiger partial charge in [-0.05, 0) is 35.8 Å². The van der Waals surface area contributed by atoms with Crippen molar-refractivity contribution in [2.75, 3.05) is 0 Å². The molecule has 0 spiro atoms. The summed E-state index contributed by atoms with van der Waals surface area (Å²) in [5.74, 6) is -3.08. The van der Waals surface area contributed by atoms with Crippen molar-refractivity contribution in [2.24, 2.45) is 0 Å². The Balaban J connectivity index is 2.29. The van der Waals surface area contributed by atoms with Gasteiger partial charge in [0.15, 0.2) is 11.6 Å². The number of ketones is 1. The van der Waals surface area contributed by atoms with Crippen LogP contribution in [0.5, 0.6) is 5.75 Å². The number of hydrogen-bond donors (Lipinski definition) is 6. The van der Waals surface area contributed by atoms with Crippen molar-refractivity contribution in [1.82, 2.24) is 5.09 Å². The number of phenolic OH excluding ortho intramolecular Hbond substituents is 1. The number of phenols is 1. The molecule has 1 atom stereocenters. The van der Waals surface area contributed by atoms with Crippen LogP contribution in [0.15, 0.2) is 47.7 Å². The van der Waals surface area contributed by atoms with Crippen LogP contribution >= 0.6 is 7.75 Å². The van der Waals surface area contributed by atoms with Gasteiger partial charge in [-0.2, -0.15) is 0 Å². The lowest BCUT2D eigenvalue weighted by molar-refractivity contribution is -0.134. The maximum Gasteiger partial charge on any atom is 0.427 e. The average molecular weight is 369 g/mol. The molecule has 9 heteroatoms. The maximum absolute atomic E-state index is 11.5. The normalized spacial score (nSPS) is 16.9. The van der Waals surface area contributed by atoms with Crippen LogP contribution in [-0.2, 0) is 9.36 Å². The quantitative estimate of drug-likeness (QED) is 0.322. The summed E-state index contributed by atoms with van der Waals surface area (Å²) in [6, 6.07) is 6.22. The van der Waals surface area contributed by atoms with E-state index in [-0.39, 0.29) is 35.8 Å². The highest BCUT2D eigenvalue weighted by Gasteiger charge is 2.35. The van der Waals surface area contributed by atoms with Crippen molar-refractivity contribution in [3.05, 3.63) is 53.3 Å². The maximum atomic E-state index is 11.5. The number of allylic oxidation sites excluding steroid dienone is 2. The van der Waals surface area contributed by atoms with Crippen LogP contribution in [0.25, 0.3) is 0 Å². The first kappa shape index (κ1) is 19.4. The second-order valence-corrected chi connectivity index (χ2v) is 7.35. The second kappa shape index (κ2) is 7.11. The minimum Gasteiger partial charge on any atom is -0.508 e. The monoisotopic (exact) mass is 369 g/mol. The van der Waals surface area contributed by atoms with Gasteiger partial charge in [0.05, 0.1) is 6.42 Å². The van der Waals surface area contributed by atoms with Gasteiger partial charge in [0.25, 0.3) is 0 Å². The van der Waals surface area contributed by atoms with Crippen LogP contribution in [0.2, 0.25) is 0 Å². The molecule has 1 aliphatic carbocycles. The summed E-state index contributed by atoms with van der Waals surface area (Å²) >= 11 is 0. The summed E-state index contributed by atoms with van der Waals surface area (Å²) in [5, 5.41) is 32.1. The molecule has 0 aromatic heterocycles. The molecule has 8 nitrogen and oxygen atoms in total. The third-order valence-electron chi connectivity index (χ3n) is 3.88. The molecule has 0 radical (unpaired) electrons. The summed E-state index contributed by atoms with van der Waals surface area (Å²) in [5.41, 5.74) is 0.357. The molecule has 2 rings (SSSR count). The van der Waals surface area contributed by atoms with E-state index in [4.69, 9.17) is 9.79 Å². The number of rotatable bonds is 6. The Hall–Kier alpha value is -1.96. The van der Waals surface area contributed by atoms with E-state index in [0.717, 1.165) is 17.7 Å². The molecule has 1 unspecified atom stereocenters. The summed E-state index contributed by atoms with van der Waals surface area (Å²) in [7, 11) is -4.71. The van der Waals surface area contributed by atoms with Gasteiger partial charge in [-0.25, -0.2) is 4.57 Å². The predicted molar refractivity (Wildman–Crippen MR) is 89.3 cm³/mol. The van der Waals surface area contributed by atoms with Crippen LogP contribution in [0, 0.1) is 0 Å². The molecule has 1 aliphatic rings. The lowest BCUT2D eigenvalue weighted by Crippen LogP contribution is -2.36. The van der Waals surface area contributed by atoms with E-state index in [2.05, 4.69) is 0 Å². The molecule has 0 amide bonds. The predicted octanol–water partition coefficient (Wildman–Crippen LogP) is 1.03. The summed E-state index contributed by atoms with van der Waals surface area (Å²) in [6.07, 6.45) is 1.73. The van der Waals surface area contributed by atoms with Crippen molar-refractivity contribution in [1.29, 1.82) is 0 Å². The van der Waals surface area contributed by atoms with Crippen LogP contribution in [-0.4, -0.2) is 36.7 Å². The summed E-state index contributed by atoms with van der Waals surface area (Å²) < 4.78 is 11.2. The molecule has 0 aliphatic heterocycles. The largest absolute Gasteiger partial charge is 0.508 e. The van der Waals surface area contributed by atoms with E-state index >= 15 is 0 Å². The first-order chi connectivity index (χ1) is 11.5. The Morgan fingerprint density at radius 1 is 1.20 bits per heavy atom. The molecule has 0 bridgehead atoms. The molecule has 0 saturated heterocycles. The first-order valence-electron chi connectivity index (χ1n) is 7.50. The number of carbonyl (C=O) groups is 1. The van der Waals surface area contributed by atoms with E-state index in [0.29, 0.717) is 0 Å². The fraction of sp³-hybridized carbons (Fsp3) is 0.312. The van der Waals surface area contributed by atoms with Crippen molar-refractivity contribution < 1.29 is 34.5 Å². The molecule has 0 saturated carbocycles. The van der Waals surface area contributed by atoms with Crippen molar-refractivity contribution >= 4 is 13.5 Å². The molecule has 0 heterocycles. The van der Waals surface area contributed by atoms with E-state index in [1.165, 1.54) is 12.1 Å². The molecule has 1 aromatic carbocycles. The standard InChI is InChI=1S/C16H20NO7P/c1-10(11-2-4-12(18)5-3-11)9-16(20,21)14-7-6-13(19)8-15(14)17-25(22,23)24/h2-7,10,18,20-21H,8-9H2,1H3,(H3,17,22,23,24). The molecular weight excluding hydrogens is 349 g/mol. The lowest BCUT2D eigenvalue weighted by atomic mass is 9.86. The Bertz CT molecular complexity index is 761. The number of carbonyl (C=O) groups excluding carboxylic acids is 1. The van der Waals surface area contributed by atoms with Gasteiger partial charge in [-0.1, -0.05) is 19.1 Å². The second-order valence-electron chi connectivity index (χ2n) is 6.04. The van der Waals surface area contributed by atoms with Crippen LogP contribution in [0.4, 0.5) is 0 Å². The van der Waals surface area contributed by atoms with Gasteiger partial charge < -0.3 is 25.1 Å². The minimum absolute atomic E-state index is 0.0831. The van der Waals surface area contributed by atoms with E-state index in [1.807, 2.05) is 5.09 Å². The van der Waals surface area contributed by atoms with Gasteiger partial charge >= 0.3 is 7.75 Å². The average Bonchev–Trinajstić information content (AvgIpc) is 2.45. The van der Waals surface area contributed by atoms with Gasteiger partial charge in [0.1, 0.15) is 5.75 Å². The third kappa shape index (κ3) is 5.26.